The zero-order chi connectivity index (χ0) is 11.1. The Hall–Kier alpha value is -1.20. The third kappa shape index (κ3) is 4.22. The minimum atomic E-state index is -0.619. The monoisotopic (exact) mass is 218 g/mol. The van der Waals surface area contributed by atoms with E-state index < -0.39 is 11.6 Å². The normalized spacial score (nSPS) is 10.3. The van der Waals surface area contributed by atoms with Crippen molar-refractivity contribution in [1.29, 1.82) is 0 Å². The van der Waals surface area contributed by atoms with Gasteiger partial charge in [0.2, 0.25) is 0 Å². The van der Waals surface area contributed by atoms with Crippen LogP contribution in [0.4, 0.5) is 8.78 Å². The van der Waals surface area contributed by atoms with Crippen molar-refractivity contribution in [2.75, 3.05) is 27.1 Å². The molecule has 0 aromatic heterocycles. The van der Waals surface area contributed by atoms with Gasteiger partial charge in [-0.15, -0.1) is 0 Å². The summed E-state index contributed by atoms with van der Waals surface area (Å²) in [5.41, 5.74) is 0. The molecule has 0 saturated carbocycles. The second-order valence-electron chi connectivity index (χ2n) is 2.74. The molecule has 5 heteroatoms. The Morgan fingerprint density at radius 2 is 2.00 bits per heavy atom. The number of hydrogen-bond donors (Lipinski definition) is 0. The van der Waals surface area contributed by atoms with Crippen LogP contribution in [-0.4, -0.2) is 27.1 Å². The Balaban J connectivity index is 2.33. The average Bonchev–Trinajstić information content (AvgIpc) is 2.23. The molecule has 0 saturated heterocycles. The molecular formula is C10H12F2O3. The minimum absolute atomic E-state index is 0.135. The lowest BCUT2D eigenvalue weighted by Crippen LogP contribution is -2.08. The molecule has 0 N–H and O–H groups in total. The molecule has 1 aromatic carbocycles. The Morgan fingerprint density at radius 1 is 1.20 bits per heavy atom. The van der Waals surface area contributed by atoms with Crippen LogP contribution in [-0.2, 0) is 9.47 Å². The summed E-state index contributed by atoms with van der Waals surface area (Å²) in [5.74, 6) is -1.33. The Labute approximate surface area is 86.6 Å². The van der Waals surface area contributed by atoms with Crippen LogP contribution in [0.15, 0.2) is 18.2 Å². The van der Waals surface area contributed by atoms with Gasteiger partial charge in [0.15, 0.2) is 18.4 Å². The van der Waals surface area contributed by atoms with Crippen LogP contribution in [0.3, 0.4) is 0 Å². The summed E-state index contributed by atoms with van der Waals surface area (Å²) in [6.45, 7) is 0.631. The fourth-order valence-corrected chi connectivity index (χ4v) is 0.894. The number of hydrogen-bond acceptors (Lipinski definition) is 3. The summed E-state index contributed by atoms with van der Waals surface area (Å²) in [5, 5.41) is 0. The van der Waals surface area contributed by atoms with Crippen molar-refractivity contribution in [2.45, 2.75) is 0 Å². The third-order valence-corrected chi connectivity index (χ3v) is 1.62. The van der Waals surface area contributed by atoms with E-state index in [2.05, 4.69) is 0 Å². The molecule has 0 heterocycles. The third-order valence-electron chi connectivity index (χ3n) is 1.62. The van der Waals surface area contributed by atoms with Crippen molar-refractivity contribution in [3.8, 4) is 5.75 Å². The second kappa shape index (κ2) is 6.31. The number of halogens is 2. The summed E-state index contributed by atoms with van der Waals surface area (Å²) in [4.78, 5) is 0. The summed E-state index contributed by atoms with van der Waals surface area (Å²) in [6.07, 6.45) is 0. The number of ether oxygens (including phenoxy) is 3. The van der Waals surface area contributed by atoms with Crippen molar-refractivity contribution < 1.29 is 23.0 Å². The van der Waals surface area contributed by atoms with Crippen molar-refractivity contribution in [2.24, 2.45) is 0 Å². The summed E-state index contributed by atoms with van der Waals surface area (Å²) >= 11 is 0. The molecule has 0 aliphatic carbocycles. The van der Waals surface area contributed by atoms with Gasteiger partial charge in [-0.3, -0.25) is 0 Å². The van der Waals surface area contributed by atoms with Crippen LogP contribution in [0.25, 0.3) is 0 Å². The predicted molar refractivity (Wildman–Crippen MR) is 49.7 cm³/mol. The van der Waals surface area contributed by atoms with Gasteiger partial charge in [0.05, 0.1) is 13.2 Å². The Bertz CT molecular complexity index is 305. The lowest BCUT2D eigenvalue weighted by molar-refractivity contribution is -0.0102. The SMILES string of the molecule is COCCOCOc1cc(F)ccc1F. The highest BCUT2D eigenvalue weighted by Gasteiger charge is 2.04. The lowest BCUT2D eigenvalue weighted by Gasteiger charge is -2.07. The Morgan fingerprint density at radius 3 is 2.73 bits per heavy atom. The van der Waals surface area contributed by atoms with E-state index in [1.807, 2.05) is 0 Å². The zero-order valence-corrected chi connectivity index (χ0v) is 8.33. The molecule has 1 aromatic rings. The quantitative estimate of drug-likeness (QED) is 0.539. The standard InChI is InChI=1S/C10H12F2O3/c1-13-4-5-14-7-15-10-6-8(11)2-3-9(10)12/h2-3,6H,4-5,7H2,1H3. The second-order valence-corrected chi connectivity index (χ2v) is 2.74. The van der Waals surface area contributed by atoms with E-state index in [0.29, 0.717) is 13.2 Å². The number of rotatable bonds is 6. The van der Waals surface area contributed by atoms with Crippen LogP contribution < -0.4 is 4.74 Å². The van der Waals surface area contributed by atoms with Gasteiger partial charge in [-0.2, -0.15) is 0 Å². The summed E-state index contributed by atoms with van der Waals surface area (Å²) in [7, 11) is 1.54. The van der Waals surface area contributed by atoms with E-state index >= 15 is 0 Å². The topological polar surface area (TPSA) is 27.7 Å². The molecule has 1 rings (SSSR count). The van der Waals surface area contributed by atoms with Gasteiger partial charge in [0.1, 0.15) is 5.82 Å². The first-order valence-electron chi connectivity index (χ1n) is 4.38. The van der Waals surface area contributed by atoms with Gasteiger partial charge in [0, 0.05) is 13.2 Å². The molecule has 0 bridgehead atoms. The van der Waals surface area contributed by atoms with E-state index in [0.717, 1.165) is 18.2 Å². The van der Waals surface area contributed by atoms with Crippen molar-refractivity contribution in [1.82, 2.24) is 0 Å². The highest BCUT2D eigenvalue weighted by molar-refractivity contribution is 5.24. The highest BCUT2D eigenvalue weighted by atomic mass is 19.1. The maximum absolute atomic E-state index is 13.0. The largest absolute Gasteiger partial charge is 0.464 e. The highest BCUT2D eigenvalue weighted by Crippen LogP contribution is 2.17. The fraction of sp³-hybridized carbons (Fsp3) is 0.400. The maximum Gasteiger partial charge on any atom is 0.189 e. The molecule has 0 radical (unpaired) electrons. The summed E-state index contributed by atoms with van der Waals surface area (Å²) < 4.78 is 40.2. The van der Waals surface area contributed by atoms with Gasteiger partial charge < -0.3 is 14.2 Å². The van der Waals surface area contributed by atoms with Crippen LogP contribution in [0, 0.1) is 11.6 Å². The van der Waals surface area contributed by atoms with E-state index in [-0.39, 0.29) is 12.5 Å². The number of benzene rings is 1. The molecule has 15 heavy (non-hydrogen) atoms. The van der Waals surface area contributed by atoms with Crippen molar-refractivity contribution >= 4 is 0 Å². The van der Waals surface area contributed by atoms with Crippen LogP contribution in [0.2, 0.25) is 0 Å². The zero-order valence-electron chi connectivity index (χ0n) is 8.33. The predicted octanol–water partition coefficient (Wildman–Crippen LogP) is 1.96. The van der Waals surface area contributed by atoms with Gasteiger partial charge >= 0.3 is 0 Å². The van der Waals surface area contributed by atoms with Gasteiger partial charge in [-0.25, -0.2) is 8.78 Å². The first kappa shape index (κ1) is 11.9. The molecule has 0 fully saturated rings. The van der Waals surface area contributed by atoms with E-state index in [1.165, 1.54) is 7.11 Å². The maximum atomic E-state index is 13.0. The van der Waals surface area contributed by atoms with Gasteiger partial charge in [-0.1, -0.05) is 0 Å². The minimum Gasteiger partial charge on any atom is -0.464 e. The summed E-state index contributed by atoms with van der Waals surface area (Å²) in [6, 6.07) is 2.99. The molecule has 0 unspecified atom stereocenters. The first-order chi connectivity index (χ1) is 7.24. The van der Waals surface area contributed by atoms with Crippen molar-refractivity contribution in [3.05, 3.63) is 29.8 Å². The van der Waals surface area contributed by atoms with Gasteiger partial charge in [0.25, 0.3) is 0 Å². The Kier molecular flexibility index (Phi) is 5.00. The van der Waals surface area contributed by atoms with Crippen LogP contribution in [0.1, 0.15) is 0 Å². The lowest BCUT2D eigenvalue weighted by atomic mass is 10.3. The molecule has 0 atom stereocenters. The van der Waals surface area contributed by atoms with E-state index in [1.54, 1.807) is 0 Å². The average molecular weight is 218 g/mol. The van der Waals surface area contributed by atoms with Crippen molar-refractivity contribution in [3.63, 3.8) is 0 Å². The van der Waals surface area contributed by atoms with Crippen LogP contribution in [0.5, 0.6) is 5.75 Å². The molecule has 84 valence electrons. The molecule has 3 nitrogen and oxygen atoms in total. The van der Waals surface area contributed by atoms with Gasteiger partial charge in [-0.05, 0) is 12.1 Å². The molecule has 0 spiro atoms. The van der Waals surface area contributed by atoms with E-state index in [4.69, 9.17) is 14.2 Å². The van der Waals surface area contributed by atoms with E-state index in [9.17, 15) is 8.78 Å². The molecule has 0 amide bonds. The smallest absolute Gasteiger partial charge is 0.189 e. The molecular weight excluding hydrogens is 206 g/mol. The fourth-order valence-electron chi connectivity index (χ4n) is 0.894. The first-order valence-corrected chi connectivity index (χ1v) is 4.38. The van der Waals surface area contributed by atoms with Crippen LogP contribution >= 0.6 is 0 Å². The molecule has 0 aliphatic heterocycles. The number of methoxy groups -OCH3 is 1. The molecule has 0 aliphatic rings.